The zero-order valence-electron chi connectivity index (χ0n) is 8.21. The first-order chi connectivity index (χ1) is 7.06. The minimum Gasteiger partial charge on any atom is -0.423 e. The van der Waals surface area contributed by atoms with E-state index in [4.69, 9.17) is 16.3 Å². The van der Waals surface area contributed by atoms with E-state index in [1.54, 1.807) is 24.3 Å². The van der Waals surface area contributed by atoms with Crippen molar-refractivity contribution in [3.63, 3.8) is 0 Å². The van der Waals surface area contributed by atoms with E-state index in [0.717, 1.165) is 0 Å². The van der Waals surface area contributed by atoms with Crippen LogP contribution in [0, 0.1) is 0 Å². The van der Waals surface area contributed by atoms with E-state index in [-0.39, 0.29) is 5.88 Å². The molecule has 82 valence electrons. The fourth-order valence-electron chi connectivity index (χ4n) is 0.951. The lowest BCUT2D eigenvalue weighted by atomic mass is 10.4. The maximum Gasteiger partial charge on any atom is 0.267 e. The Bertz CT molecular complexity index is 382. The molecule has 1 aromatic carbocycles. The Kier molecular flexibility index (Phi) is 4.29. The van der Waals surface area contributed by atoms with Crippen LogP contribution in [0.25, 0.3) is 0 Å². The van der Waals surface area contributed by atoms with Gasteiger partial charge in [-0.1, -0.05) is 18.2 Å². The molecule has 0 amide bonds. The molecule has 0 fully saturated rings. The molecule has 0 aromatic heterocycles. The number of rotatable bonds is 5. The second-order valence-electron chi connectivity index (χ2n) is 2.68. The lowest BCUT2D eigenvalue weighted by Gasteiger charge is -2.18. The summed E-state index contributed by atoms with van der Waals surface area (Å²) in [4.78, 5) is 14.5. The van der Waals surface area contributed by atoms with Gasteiger partial charge in [-0.15, -0.1) is 0 Å². The third-order valence-electron chi connectivity index (χ3n) is 1.53. The Hall–Kier alpha value is -0.870. The maximum atomic E-state index is 9.93. The van der Waals surface area contributed by atoms with Crippen LogP contribution in [0.3, 0.4) is 0 Å². The third-order valence-corrected chi connectivity index (χ3v) is 3.81. The van der Waals surface area contributed by atoms with E-state index in [1.165, 1.54) is 7.11 Å². The highest BCUT2D eigenvalue weighted by Crippen LogP contribution is 2.42. The van der Waals surface area contributed by atoms with Crippen molar-refractivity contribution < 1.29 is 14.3 Å². The van der Waals surface area contributed by atoms with Crippen LogP contribution in [0.2, 0.25) is 0 Å². The van der Waals surface area contributed by atoms with Crippen LogP contribution in [0.5, 0.6) is 0 Å². The predicted molar refractivity (Wildman–Crippen MR) is 62.9 cm³/mol. The largest absolute Gasteiger partial charge is 0.423 e. The van der Waals surface area contributed by atoms with Gasteiger partial charge in [0.25, 0.3) is 6.49 Å². The highest BCUT2D eigenvalue weighted by Gasteiger charge is 2.18. The second-order valence-corrected chi connectivity index (χ2v) is 5.90. The van der Waals surface area contributed by atoms with Crippen LogP contribution in [-0.4, -0.2) is 12.0 Å². The summed E-state index contributed by atoms with van der Waals surface area (Å²) in [5.41, 5.74) is 2.36. The van der Waals surface area contributed by atoms with Crippen molar-refractivity contribution in [2.75, 3.05) is 7.11 Å². The Morgan fingerprint density at radius 2 is 2.07 bits per heavy atom. The molecule has 15 heavy (non-hydrogen) atoms. The molecule has 0 radical (unpaired) electrons. The first-order valence-electron chi connectivity index (χ1n) is 4.12. The lowest BCUT2D eigenvalue weighted by Crippen LogP contribution is -2.15. The van der Waals surface area contributed by atoms with Gasteiger partial charge in [-0.25, -0.2) is 5.48 Å². The van der Waals surface area contributed by atoms with Gasteiger partial charge in [0.05, 0.1) is 7.11 Å². The van der Waals surface area contributed by atoms with E-state index >= 15 is 0 Å². The van der Waals surface area contributed by atoms with E-state index in [2.05, 4.69) is 16.9 Å². The van der Waals surface area contributed by atoms with Crippen LogP contribution < -0.4 is 10.8 Å². The average Bonchev–Trinajstić information content (AvgIpc) is 2.18. The molecule has 0 saturated heterocycles. The van der Waals surface area contributed by atoms with Crippen molar-refractivity contribution in [2.45, 2.75) is 0 Å². The Balaban J connectivity index is 2.76. The van der Waals surface area contributed by atoms with Crippen molar-refractivity contribution in [3.05, 3.63) is 42.8 Å². The molecule has 0 bridgehead atoms. The van der Waals surface area contributed by atoms with Crippen molar-refractivity contribution in [1.82, 2.24) is 5.48 Å². The van der Waals surface area contributed by atoms with Gasteiger partial charge in [0, 0.05) is 5.30 Å². The smallest absolute Gasteiger partial charge is 0.267 e. The summed E-state index contributed by atoms with van der Waals surface area (Å²) in [6.45, 7) is 0.458. The van der Waals surface area contributed by atoms with Gasteiger partial charge in [0.2, 0.25) is 5.88 Å². The molecule has 0 aliphatic heterocycles. The van der Waals surface area contributed by atoms with E-state index in [9.17, 15) is 4.89 Å². The van der Waals surface area contributed by atoms with Gasteiger partial charge in [0.15, 0.2) is 0 Å². The van der Waals surface area contributed by atoms with Crippen LogP contribution in [0.1, 0.15) is 0 Å². The molecule has 1 rings (SSSR count). The standard InChI is InChI=1S/C9H12NO3PS/c1-8(10-12-2)13-14(11,15)9-6-4-3-5-7-9/h3-7,10H,1H2,2H3,(H,11,15). The van der Waals surface area contributed by atoms with Crippen LogP contribution in [0.15, 0.2) is 42.8 Å². The molecule has 2 N–H and O–H groups in total. The molecule has 1 unspecified atom stereocenters. The number of hydrogen-bond donors (Lipinski definition) is 2. The molecular formula is C9H12NO3PS. The monoisotopic (exact) mass is 245 g/mol. The van der Waals surface area contributed by atoms with Crippen molar-refractivity contribution in [1.29, 1.82) is 0 Å². The summed E-state index contributed by atoms with van der Waals surface area (Å²) in [6.07, 6.45) is 0. The fraction of sp³-hybridized carbons (Fsp3) is 0.111. The SMILES string of the molecule is C=C(NOC)OP(O)(=S)c1ccccc1. The number of hydroxylamine groups is 1. The van der Waals surface area contributed by atoms with Gasteiger partial charge >= 0.3 is 0 Å². The molecule has 0 saturated carbocycles. The van der Waals surface area contributed by atoms with Gasteiger partial charge in [0.1, 0.15) is 0 Å². The second kappa shape index (κ2) is 5.28. The molecule has 6 heteroatoms. The Labute approximate surface area is 93.7 Å². The van der Waals surface area contributed by atoms with Crippen molar-refractivity contribution >= 4 is 23.6 Å². The van der Waals surface area contributed by atoms with Gasteiger partial charge in [-0.3, -0.25) is 4.84 Å². The summed E-state index contributed by atoms with van der Waals surface area (Å²) < 4.78 is 5.12. The summed E-state index contributed by atoms with van der Waals surface area (Å²) in [5.74, 6) is 0.0900. The molecule has 0 heterocycles. The summed E-state index contributed by atoms with van der Waals surface area (Å²) in [7, 11) is 1.41. The number of benzene rings is 1. The lowest BCUT2D eigenvalue weighted by molar-refractivity contribution is 0.0852. The van der Waals surface area contributed by atoms with Crippen LogP contribution >= 0.6 is 6.49 Å². The van der Waals surface area contributed by atoms with Crippen molar-refractivity contribution in [2.24, 2.45) is 0 Å². The molecule has 0 aliphatic rings. The fourth-order valence-corrected chi connectivity index (χ4v) is 2.58. The minimum atomic E-state index is -3.04. The first-order valence-corrected chi connectivity index (χ1v) is 6.79. The molecule has 0 aliphatic carbocycles. The topological polar surface area (TPSA) is 50.7 Å². The van der Waals surface area contributed by atoms with Crippen LogP contribution in [0.4, 0.5) is 0 Å². The zero-order chi connectivity index (χ0) is 11.3. The summed E-state index contributed by atoms with van der Waals surface area (Å²) in [6, 6.07) is 8.81. The summed E-state index contributed by atoms with van der Waals surface area (Å²) >= 11 is 4.99. The average molecular weight is 245 g/mol. The number of hydrogen-bond acceptors (Lipinski definition) is 4. The highest BCUT2D eigenvalue weighted by atomic mass is 32.5. The number of nitrogens with one attached hydrogen (secondary N) is 1. The Morgan fingerprint density at radius 3 is 2.60 bits per heavy atom. The third kappa shape index (κ3) is 3.64. The quantitative estimate of drug-likeness (QED) is 0.464. The Morgan fingerprint density at radius 1 is 1.47 bits per heavy atom. The molecular weight excluding hydrogens is 233 g/mol. The molecule has 1 atom stereocenters. The van der Waals surface area contributed by atoms with E-state index < -0.39 is 6.49 Å². The normalized spacial score (nSPS) is 14.0. The maximum absolute atomic E-state index is 9.93. The summed E-state index contributed by atoms with van der Waals surface area (Å²) in [5, 5.41) is 0.569. The predicted octanol–water partition coefficient (Wildman–Crippen LogP) is 1.25. The molecule has 4 nitrogen and oxygen atoms in total. The van der Waals surface area contributed by atoms with Crippen molar-refractivity contribution in [3.8, 4) is 0 Å². The highest BCUT2D eigenvalue weighted by molar-refractivity contribution is 8.13. The minimum absolute atomic E-state index is 0.0900. The van der Waals surface area contributed by atoms with E-state index in [0.29, 0.717) is 5.30 Å². The van der Waals surface area contributed by atoms with Gasteiger partial charge in [-0.2, -0.15) is 0 Å². The first kappa shape index (κ1) is 12.2. The van der Waals surface area contributed by atoms with Gasteiger partial charge in [-0.05, 0) is 30.5 Å². The van der Waals surface area contributed by atoms with E-state index in [1.807, 2.05) is 6.07 Å². The van der Waals surface area contributed by atoms with Crippen LogP contribution in [-0.2, 0) is 21.2 Å². The molecule has 0 spiro atoms. The molecule has 1 aromatic rings. The van der Waals surface area contributed by atoms with Gasteiger partial charge < -0.3 is 9.42 Å². The zero-order valence-corrected chi connectivity index (χ0v) is 9.92.